The van der Waals surface area contributed by atoms with E-state index >= 15 is 0 Å². The highest BCUT2D eigenvalue weighted by molar-refractivity contribution is 4.92. The molecule has 92 valence electrons. The summed E-state index contributed by atoms with van der Waals surface area (Å²) in [5.74, 6) is 4.56. The highest BCUT2D eigenvalue weighted by Crippen LogP contribution is 2.51. The fourth-order valence-corrected chi connectivity index (χ4v) is 4.79. The molecule has 1 N–H and O–H groups in total. The molecule has 0 aromatic heterocycles. The van der Waals surface area contributed by atoms with E-state index < -0.39 is 0 Å². The molecule has 0 spiro atoms. The van der Waals surface area contributed by atoms with Crippen molar-refractivity contribution in [1.29, 1.82) is 0 Å². The molecule has 0 aliphatic heterocycles. The Labute approximate surface area is 99.6 Å². The minimum absolute atomic E-state index is 0.0235. The second-order valence-electron chi connectivity index (χ2n) is 6.92. The lowest BCUT2D eigenvalue weighted by molar-refractivity contribution is 0.0335. The monoisotopic (exact) mass is 222 g/mol. The molecule has 3 rings (SSSR count). The molecular weight excluding hydrogens is 196 g/mol. The summed E-state index contributed by atoms with van der Waals surface area (Å²) >= 11 is 0. The molecule has 3 saturated carbocycles. The van der Waals surface area contributed by atoms with Gasteiger partial charge < -0.3 is 5.11 Å². The van der Waals surface area contributed by atoms with Gasteiger partial charge in [-0.05, 0) is 74.5 Å². The summed E-state index contributed by atoms with van der Waals surface area (Å²) in [6, 6.07) is 0. The van der Waals surface area contributed by atoms with Gasteiger partial charge in [0.1, 0.15) is 0 Å². The van der Waals surface area contributed by atoms with E-state index in [4.69, 9.17) is 0 Å². The molecule has 16 heavy (non-hydrogen) atoms. The summed E-state index contributed by atoms with van der Waals surface area (Å²) in [6.07, 6.45) is 11.0. The van der Waals surface area contributed by atoms with Gasteiger partial charge >= 0.3 is 0 Å². The van der Waals surface area contributed by atoms with Crippen LogP contribution in [0.25, 0.3) is 0 Å². The average Bonchev–Trinajstić information content (AvgIpc) is 2.85. The highest BCUT2D eigenvalue weighted by Gasteiger charge is 2.41. The zero-order valence-electron chi connectivity index (χ0n) is 10.6. The maximum absolute atomic E-state index is 10.1. The van der Waals surface area contributed by atoms with Crippen molar-refractivity contribution in [1.82, 2.24) is 0 Å². The molecule has 0 radical (unpaired) electrons. The summed E-state index contributed by atoms with van der Waals surface area (Å²) in [4.78, 5) is 0. The molecule has 1 nitrogen and oxygen atoms in total. The van der Waals surface area contributed by atoms with Crippen LogP contribution in [0.5, 0.6) is 0 Å². The van der Waals surface area contributed by atoms with Crippen molar-refractivity contribution >= 4 is 0 Å². The summed E-state index contributed by atoms with van der Waals surface area (Å²) in [5, 5.41) is 10.1. The zero-order valence-corrected chi connectivity index (χ0v) is 10.6. The smallest absolute Gasteiger partial charge is 0.0568 e. The first kappa shape index (κ1) is 11.1. The Morgan fingerprint density at radius 1 is 0.938 bits per heavy atom. The number of aliphatic hydroxyl groups excluding tert-OH is 1. The van der Waals surface area contributed by atoms with Crippen LogP contribution in [-0.2, 0) is 0 Å². The van der Waals surface area contributed by atoms with E-state index in [0.717, 1.165) is 30.1 Å². The van der Waals surface area contributed by atoms with Crippen molar-refractivity contribution in [3.63, 3.8) is 0 Å². The fraction of sp³-hybridized carbons (Fsp3) is 1.00. The number of rotatable bonds is 2. The Hall–Kier alpha value is -0.0400. The van der Waals surface area contributed by atoms with E-state index in [1.54, 1.807) is 0 Å². The van der Waals surface area contributed by atoms with Crippen molar-refractivity contribution in [2.24, 2.45) is 29.6 Å². The van der Waals surface area contributed by atoms with Crippen LogP contribution in [0.4, 0.5) is 0 Å². The third kappa shape index (κ3) is 2.03. The molecule has 6 unspecified atom stereocenters. The van der Waals surface area contributed by atoms with Gasteiger partial charge in [0.25, 0.3) is 0 Å². The Kier molecular flexibility index (Phi) is 2.99. The van der Waals surface area contributed by atoms with E-state index in [0.29, 0.717) is 5.92 Å². The first-order valence-electron chi connectivity index (χ1n) is 7.40. The maximum atomic E-state index is 10.1. The van der Waals surface area contributed by atoms with Crippen LogP contribution in [0.15, 0.2) is 0 Å². The van der Waals surface area contributed by atoms with Crippen LogP contribution < -0.4 is 0 Å². The molecule has 1 heteroatoms. The van der Waals surface area contributed by atoms with Crippen LogP contribution in [0.1, 0.15) is 58.3 Å². The van der Waals surface area contributed by atoms with Gasteiger partial charge in [-0.25, -0.2) is 0 Å². The summed E-state index contributed by atoms with van der Waals surface area (Å²) < 4.78 is 0. The second kappa shape index (κ2) is 4.33. The van der Waals surface area contributed by atoms with Crippen LogP contribution in [-0.4, -0.2) is 11.2 Å². The van der Waals surface area contributed by atoms with Gasteiger partial charge in [0, 0.05) is 0 Å². The first-order chi connectivity index (χ1) is 7.72. The van der Waals surface area contributed by atoms with Gasteiger partial charge in [-0.2, -0.15) is 0 Å². The quantitative estimate of drug-likeness (QED) is 0.756. The molecule has 0 saturated heterocycles. The van der Waals surface area contributed by atoms with Gasteiger partial charge in [-0.1, -0.05) is 13.3 Å². The van der Waals surface area contributed by atoms with E-state index in [1.807, 2.05) is 0 Å². The van der Waals surface area contributed by atoms with Crippen LogP contribution >= 0.6 is 0 Å². The zero-order chi connectivity index (χ0) is 11.1. The predicted octanol–water partition coefficient (Wildman–Crippen LogP) is 3.61. The number of hydrogen-bond acceptors (Lipinski definition) is 1. The molecule has 3 aliphatic carbocycles. The van der Waals surface area contributed by atoms with Gasteiger partial charge in [-0.3, -0.25) is 0 Å². The van der Waals surface area contributed by atoms with Gasteiger partial charge in [0.2, 0.25) is 0 Å². The van der Waals surface area contributed by atoms with Crippen LogP contribution in [0.2, 0.25) is 0 Å². The number of hydrogen-bond donors (Lipinski definition) is 1. The van der Waals surface area contributed by atoms with E-state index in [2.05, 4.69) is 6.92 Å². The number of aliphatic hydroxyl groups is 1. The Morgan fingerprint density at radius 2 is 1.81 bits per heavy atom. The Balaban J connectivity index is 1.57. The molecule has 6 atom stereocenters. The predicted molar refractivity (Wildman–Crippen MR) is 66.1 cm³/mol. The Morgan fingerprint density at radius 3 is 2.50 bits per heavy atom. The molecule has 0 heterocycles. The van der Waals surface area contributed by atoms with Gasteiger partial charge in [0.05, 0.1) is 6.10 Å². The third-order valence-corrected chi connectivity index (χ3v) is 5.69. The summed E-state index contributed by atoms with van der Waals surface area (Å²) in [7, 11) is 0. The average molecular weight is 222 g/mol. The molecule has 2 bridgehead atoms. The fourth-order valence-electron chi connectivity index (χ4n) is 4.79. The summed E-state index contributed by atoms with van der Waals surface area (Å²) in [5.41, 5.74) is 0. The van der Waals surface area contributed by atoms with E-state index in [1.165, 1.54) is 44.9 Å². The largest absolute Gasteiger partial charge is 0.393 e. The molecule has 0 aromatic rings. The SMILES string of the molecule is CC1CCC(O)C(CC2CC3CCC2C3)C1. The third-order valence-electron chi connectivity index (χ3n) is 5.69. The Bertz CT molecular complexity index is 250. The summed E-state index contributed by atoms with van der Waals surface area (Å²) in [6.45, 7) is 2.36. The van der Waals surface area contributed by atoms with Crippen LogP contribution in [0.3, 0.4) is 0 Å². The van der Waals surface area contributed by atoms with Crippen molar-refractivity contribution < 1.29 is 5.11 Å². The highest BCUT2D eigenvalue weighted by atomic mass is 16.3. The van der Waals surface area contributed by atoms with Crippen molar-refractivity contribution in [2.75, 3.05) is 0 Å². The van der Waals surface area contributed by atoms with Crippen molar-refractivity contribution in [2.45, 2.75) is 64.4 Å². The van der Waals surface area contributed by atoms with Gasteiger partial charge in [-0.15, -0.1) is 0 Å². The molecular formula is C15H26O. The molecule has 3 aliphatic rings. The topological polar surface area (TPSA) is 20.2 Å². The molecule has 0 amide bonds. The van der Waals surface area contributed by atoms with E-state index in [-0.39, 0.29) is 6.10 Å². The van der Waals surface area contributed by atoms with Gasteiger partial charge in [0.15, 0.2) is 0 Å². The minimum Gasteiger partial charge on any atom is -0.393 e. The maximum Gasteiger partial charge on any atom is 0.0568 e. The number of fused-ring (bicyclic) bond motifs is 2. The lowest BCUT2D eigenvalue weighted by atomic mass is 9.73. The normalized spacial score (nSPS) is 52.1. The van der Waals surface area contributed by atoms with Crippen molar-refractivity contribution in [3.8, 4) is 0 Å². The lowest BCUT2D eigenvalue weighted by Gasteiger charge is -2.35. The minimum atomic E-state index is 0.0235. The lowest BCUT2D eigenvalue weighted by Crippen LogP contribution is -2.30. The standard InChI is InChI=1S/C15H26O/c1-10-2-5-15(16)14(6-10)9-13-8-11-3-4-12(13)7-11/h10-16H,2-9H2,1H3. The van der Waals surface area contributed by atoms with Crippen LogP contribution in [0, 0.1) is 29.6 Å². The molecule has 3 fully saturated rings. The molecule has 0 aromatic carbocycles. The second-order valence-corrected chi connectivity index (χ2v) is 6.92. The van der Waals surface area contributed by atoms with Crippen molar-refractivity contribution in [3.05, 3.63) is 0 Å². The van der Waals surface area contributed by atoms with E-state index in [9.17, 15) is 5.11 Å². The first-order valence-corrected chi connectivity index (χ1v) is 7.40.